The molecule has 2 saturated carbocycles. The van der Waals surface area contributed by atoms with Crippen LogP contribution in [0.25, 0.3) is 0 Å². The van der Waals surface area contributed by atoms with Crippen molar-refractivity contribution in [1.29, 1.82) is 0 Å². The number of piperazine rings is 1. The van der Waals surface area contributed by atoms with E-state index in [0.29, 0.717) is 11.8 Å². The van der Waals surface area contributed by atoms with Crippen LogP contribution in [0.4, 0.5) is 0 Å². The maximum atomic E-state index is 12.0. The van der Waals surface area contributed by atoms with E-state index in [1.54, 1.807) is 0 Å². The number of rotatable bonds is 7. The monoisotopic (exact) mass is 376 g/mol. The van der Waals surface area contributed by atoms with Crippen LogP contribution in [0.3, 0.4) is 0 Å². The average Bonchev–Trinajstić information content (AvgIpc) is 3.63. The smallest absolute Gasteiger partial charge is 0.0870 e. The molecule has 0 amide bonds. The summed E-state index contributed by atoms with van der Waals surface area (Å²) in [7, 11) is 0. The highest BCUT2D eigenvalue weighted by molar-refractivity contribution is 5.18. The third kappa shape index (κ3) is 3.76. The van der Waals surface area contributed by atoms with Gasteiger partial charge in [-0.1, -0.05) is 60.7 Å². The van der Waals surface area contributed by atoms with Crippen LogP contribution in [0.5, 0.6) is 0 Å². The SMILES string of the molecule is OC(C1CC1)(C1CC1)C1CN(Cc2ccccc2)CCN1Cc1ccccc1. The van der Waals surface area contributed by atoms with E-state index in [1.807, 2.05) is 0 Å². The van der Waals surface area contributed by atoms with Crippen molar-refractivity contribution in [3.8, 4) is 0 Å². The first-order valence-corrected chi connectivity index (χ1v) is 11.0. The van der Waals surface area contributed by atoms with Crippen molar-refractivity contribution >= 4 is 0 Å². The molecule has 1 heterocycles. The van der Waals surface area contributed by atoms with E-state index < -0.39 is 5.60 Å². The fraction of sp³-hybridized carbons (Fsp3) is 0.520. The van der Waals surface area contributed by atoms with Crippen LogP contribution >= 0.6 is 0 Å². The molecule has 0 bridgehead atoms. The molecule has 148 valence electrons. The molecule has 0 aromatic heterocycles. The van der Waals surface area contributed by atoms with Crippen LogP contribution in [0, 0.1) is 11.8 Å². The molecule has 2 aliphatic carbocycles. The Morgan fingerprint density at radius 1 is 0.750 bits per heavy atom. The van der Waals surface area contributed by atoms with Crippen LogP contribution < -0.4 is 0 Å². The predicted octanol–water partition coefficient (Wildman–Crippen LogP) is 3.92. The first-order valence-electron chi connectivity index (χ1n) is 11.0. The third-order valence-corrected chi connectivity index (χ3v) is 7.05. The van der Waals surface area contributed by atoms with Gasteiger partial charge >= 0.3 is 0 Å². The summed E-state index contributed by atoms with van der Waals surface area (Å²) in [5.41, 5.74) is 2.24. The summed E-state index contributed by atoms with van der Waals surface area (Å²) >= 11 is 0. The molecule has 3 heteroatoms. The van der Waals surface area contributed by atoms with Gasteiger partial charge in [-0.25, -0.2) is 0 Å². The van der Waals surface area contributed by atoms with E-state index in [1.165, 1.54) is 36.8 Å². The molecule has 1 aliphatic heterocycles. The van der Waals surface area contributed by atoms with Crippen LogP contribution in [-0.2, 0) is 13.1 Å². The lowest BCUT2D eigenvalue weighted by Gasteiger charge is -2.49. The Labute approximate surface area is 169 Å². The van der Waals surface area contributed by atoms with Gasteiger partial charge in [0.15, 0.2) is 0 Å². The second-order valence-electron chi connectivity index (χ2n) is 9.13. The van der Waals surface area contributed by atoms with Gasteiger partial charge in [0.2, 0.25) is 0 Å². The lowest BCUT2D eigenvalue weighted by molar-refractivity contribution is -0.110. The highest BCUT2D eigenvalue weighted by Gasteiger charge is 2.59. The van der Waals surface area contributed by atoms with E-state index >= 15 is 0 Å². The molecule has 28 heavy (non-hydrogen) atoms. The molecule has 1 saturated heterocycles. The lowest BCUT2D eigenvalue weighted by Crippen LogP contribution is -2.64. The second-order valence-corrected chi connectivity index (χ2v) is 9.13. The molecular weight excluding hydrogens is 344 g/mol. The zero-order chi connectivity index (χ0) is 19.0. The Bertz CT molecular complexity index is 758. The standard InChI is InChI=1S/C25H32N2O/c28-25(22-11-12-22,23-13-14-23)24-19-26(17-20-7-3-1-4-8-20)15-16-27(24)18-21-9-5-2-6-10-21/h1-10,22-24,28H,11-19H2. The van der Waals surface area contributed by atoms with Crippen molar-refractivity contribution in [3.05, 3.63) is 71.8 Å². The fourth-order valence-corrected chi connectivity index (χ4v) is 5.28. The number of nitrogens with zero attached hydrogens (tertiary/aromatic N) is 2. The topological polar surface area (TPSA) is 26.7 Å². The summed E-state index contributed by atoms with van der Waals surface area (Å²) in [6, 6.07) is 21.8. The van der Waals surface area contributed by atoms with Crippen molar-refractivity contribution in [1.82, 2.24) is 9.80 Å². The normalized spacial score (nSPS) is 24.4. The minimum atomic E-state index is -0.496. The number of hydrogen-bond acceptors (Lipinski definition) is 3. The highest BCUT2D eigenvalue weighted by atomic mass is 16.3. The van der Waals surface area contributed by atoms with Gasteiger partial charge in [0.05, 0.1) is 11.6 Å². The van der Waals surface area contributed by atoms with Crippen molar-refractivity contribution in [2.45, 2.75) is 50.4 Å². The maximum Gasteiger partial charge on any atom is 0.0870 e. The number of benzene rings is 2. The van der Waals surface area contributed by atoms with Gasteiger partial charge in [-0.05, 0) is 48.6 Å². The van der Waals surface area contributed by atoms with Crippen molar-refractivity contribution in [2.75, 3.05) is 19.6 Å². The zero-order valence-corrected chi connectivity index (χ0v) is 16.7. The molecule has 2 aromatic carbocycles. The largest absolute Gasteiger partial charge is 0.388 e. The summed E-state index contributed by atoms with van der Waals surface area (Å²) in [5, 5.41) is 12.0. The molecule has 1 atom stereocenters. The van der Waals surface area contributed by atoms with Gasteiger partial charge < -0.3 is 5.11 Å². The summed E-state index contributed by atoms with van der Waals surface area (Å²) in [6.45, 7) is 5.03. The van der Waals surface area contributed by atoms with Gasteiger partial charge in [-0.15, -0.1) is 0 Å². The Balaban J connectivity index is 1.38. The second kappa shape index (κ2) is 7.62. The third-order valence-electron chi connectivity index (χ3n) is 7.05. The van der Waals surface area contributed by atoms with Crippen LogP contribution in [0.1, 0.15) is 36.8 Å². The molecule has 0 spiro atoms. The highest BCUT2D eigenvalue weighted by Crippen LogP contribution is 2.55. The van der Waals surface area contributed by atoms with Crippen molar-refractivity contribution < 1.29 is 5.11 Å². The molecular formula is C25H32N2O. The van der Waals surface area contributed by atoms with Gasteiger partial charge in [-0.2, -0.15) is 0 Å². The minimum absolute atomic E-state index is 0.241. The molecule has 3 nitrogen and oxygen atoms in total. The molecule has 1 unspecified atom stereocenters. The van der Waals surface area contributed by atoms with E-state index in [4.69, 9.17) is 0 Å². The molecule has 3 fully saturated rings. The lowest BCUT2D eigenvalue weighted by atomic mass is 9.81. The van der Waals surface area contributed by atoms with Gasteiger partial charge in [0.25, 0.3) is 0 Å². The van der Waals surface area contributed by atoms with E-state index in [-0.39, 0.29) is 6.04 Å². The van der Waals surface area contributed by atoms with Gasteiger partial charge in [-0.3, -0.25) is 9.80 Å². The quantitative estimate of drug-likeness (QED) is 0.793. The summed E-state index contributed by atoms with van der Waals surface area (Å²) in [5.74, 6) is 1.03. The molecule has 1 N–H and O–H groups in total. The Morgan fingerprint density at radius 2 is 1.29 bits per heavy atom. The molecule has 0 radical (unpaired) electrons. The Hall–Kier alpha value is -1.68. The fourth-order valence-electron chi connectivity index (χ4n) is 5.28. The Kier molecular flexibility index (Phi) is 5.00. The van der Waals surface area contributed by atoms with E-state index in [0.717, 1.165) is 32.7 Å². The number of hydrogen-bond donors (Lipinski definition) is 1. The van der Waals surface area contributed by atoms with E-state index in [9.17, 15) is 5.11 Å². The molecule has 3 aliphatic rings. The first-order chi connectivity index (χ1) is 13.7. The summed E-state index contributed by atoms with van der Waals surface area (Å²) in [4.78, 5) is 5.16. The van der Waals surface area contributed by atoms with Crippen molar-refractivity contribution in [2.24, 2.45) is 11.8 Å². The Morgan fingerprint density at radius 3 is 1.82 bits per heavy atom. The van der Waals surface area contributed by atoms with Crippen LogP contribution in [0.2, 0.25) is 0 Å². The maximum absolute atomic E-state index is 12.0. The zero-order valence-electron chi connectivity index (χ0n) is 16.7. The predicted molar refractivity (Wildman–Crippen MR) is 113 cm³/mol. The van der Waals surface area contributed by atoms with E-state index in [2.05, 4.69) is 70.5 Å². The van der Waals surface area contributed by atoms with Gasteiger partial charge in [0, 0.05) is 32.7 Å². The van der Waals surface area contributed by atoms with Crippen LogP contribution in [-0.4, -0.2) is 46.2 Å². The first kappa shape index (κ1) is 18.4. The molecule has 5 rings (SSSR count). The van der Waals surface area contributed by atoms with Crippen LogP contribution in [0.15, 0.2) is 60.7 Å². The molecule has 2 aromatic rings. The van der Waals surface area contributed by atoms with Gasteiger partial charge in [0.1, 0.15) is 0 Å². The number of aliphatic hydroxyl groups is 1. The minimum Gasteiger partial charge on any atom is -0.388 e. The van der Waals surface area contributed by atoms with Crippen molar-refractivity contribution in [3.63, 3.8) is 0 Å². The summed E-state index contributed by atoms with van der Waals surface area (Å²) < 4.78 is 0. The summed E-state index contributed by atoms with van der Waals surface area (Å²) in [6.07, 6.45) is 4.84. The average molecular weight is 377 g/mol.